The van der Waals surface area contributed by atoms with Crippen molar-refractivity contribution in [2.45, 2.75) is 99.0 Å². The van der Waals surface area contributed by atoms with E-state index in [9.17, 15) is 9.59 Å². The Balaban J connectivity index is 0.000000246. The standard InChI is InChI=1S/C14H26N2.C12H12N4O2S.C9H15N/c1-5-7-13(9-8-12(3)6-2)14-10-11-16(4)15-14;1-8-3-2-4-9(14-8)10-6-19-12(15-10)16-11(18)5-13-7-17;1-8-5-6-10(7-8)9(2,3)4/h10-13H,5-9H2,1-4H3;2-4,6-7H,5H2,1H3,(H,13,17)(H,15,16,18);5-7H,1-4H3. The molecular weight excluding hydrogens is 582 g/mol. The molecular formula is C35H53N7O2S. The summed E-state index contributed by atoms with van der Waals surface area (Å²) in [5.74, 6) is 1.20. The number of aromatic nitrogens is 5. The van der Waals surface area contributed by atoms with Gasteiger partial charge in [0.1, 0.15) is 5.69 Å². The monoisotopic (exact) mass is 635 g/mol. The van der Waals surface area contributed by atoms with Gasteiger partial charge in [-0.1, -0.05) is 46.1 Å². The summed E-state index contributed by atoms with van der Waals surface area (Å²) in [4.78, 5) is 30.1. The van der Waals surface area contributed by atoms with Crippen molar-refractivity contribution < 1.29 is 9.59 Å². The molecule has 2 unspecified atom stereocenters. The fourth-order valence-electron chi connectivity index (χ4n) is 4.48. The second-order valence-electron chi connectivity index (χ2n) is 12.5. The van der Waals surface area contributed by atoms with E-state index in [0.717, 1.165) is 17.3 Å². The lowest BCUT2D eigenvalue weighted by Crippen LogP contribution is -2.26. The molecule has 10 heteroatoms. The van der Waals surface area contributed by atoms with E-state index in [4.69, 9.17) is 0 Å². The largest absolute Gasteiger partial charge is 0.350 e. The summed E-state index contributed by atoms with van der Waals surface area (Å²) in [6, 6.07) is 9.98. The predicted molar refractivity (Wildman–Crippen MR) is 186 cm³/mol. The number of hydrogen-bond acceptors (Lipinski definition) is 6. The van der Waals surface area contributed by atoms with E-state index in [1.54, 1.807) is 0 Å². The van der Waals surface area contributed by atoms with E-state index in [2.05, 4.69) is 109 Å². The Kier molecular flexibility index (Phi) is 15.7. The number of nitrogens with zero attached hydrogens (tertiary/aromatic N) is 5. The van der Waals surface area contributed by atoms with E-state index in [1.807, 2.05) is 42.2 Å². The second-order valence-corrected chi connectivity index (χ2v) is 13.4. The van der Waals surface area contributed by atoms with Gasteiger partial charge in [0.05, 0.1) is 17.9 Å². The maximum atomic E-state index is 11.4. The van der Waals surface area contributed by atoms with Gasteiger partial charge in [-0.2, -0.15) is 5.10 Å². The lowest BCUT2D eigenvalue weighted by Gasteiger charge is -2.20. The van der Waals surface area contributed by atoms with Gasteiger partial charge in [-0.3, -0.25) is 19.3 Å². The molecule has 0 aliphatic heterocycles. The van der Waals surface area contributed by atoms with Crippen LogP contribution in [0.4, 0.5) is 5.13 Å². The first kappa shape index (κ1) is 37.4. The van der Waals surface area contributed by atoms with E-state index < -0.39 is 0 Å². The number of hydrogen-bond donors (Lipinski definition) is 2. The zero-order chi connectivity index (χ0) is 33.4. The highest BCUT2D eigenvalue weighted by Gasteiger charge is 2.14. The molecule has 0 aromatic carbocycles. The molecule has 2 N–H and O–H groups in total. The second kappa shape index (κ2) is 18.9. The van der Waals surface area contributed by atoms with Crippen LogP contribution in [0.1, 0.15) is 96.5 Å². The topological polar surface area (TPSA) is 107 Å². The number of amides is 2. The Labute approximate surface area is 273 Å². The Bertz CT molecular complexity index is 1430. The van der Waals surface area contributed by atoms with Gasteiger partial charge in [-0.25, -0.2) is 4.98 Å². The highest BCUT2D eigenvalue weighted by atomic mass is 32.1. The van der Waals surface area contributed by atoms with Crippen molar-refractivity contribution in [3.05, 3.63) is 71.3 Å². The molecule has 4 heterocycles. The number of thiazole rings is 1. The third-order valence-electron chi connectivity index (χ3n) is 7.36. The number of nitrogens with one attached hydrogen (secondary N) is 2. The van der Waals surface area contributed by atoms with Gasteiger partial charge in [-0.15, -0.1) is 11.3 Å². The summed E-state index contributed by atoms with van der Waals surface area (Å²) < 4.78 is 4.14. The zero-order valence-corrected chi connectivity index (χ0v) is 29.4. The van der Waals surface area contributed by atoms with E-state index in [0.29, 0.717) is 23.2 Å². The van der Waals surface area contributed by atoms with Crippen LogP contribution in [0.25, 0.3) is 11.4 Å². The summed E-state index contributed by atoms with van der Waals surface area (Å²) in [5, 5.41) is 11.7. The molecule has 0 spiro atoms. The van der Waals surface area contributed by atoms with Crippen LogP contribution in [0.3, 0.4) is 0 Å². The van der Waals surface area contributed by atoms with Gasteiger partial charge in [0.25, 0.3) is 0 Å². The third kappa shape index (κ3) is 13.8. The molecule has 2 amide bonds. The Morgan fingerprint density at radius 1 is 1.02 bits per heavy atom. The molecule has 45 heavy (non-hydrogen) atoms. The van der Waals surface area contributed by atoms with E-state index >= 15 is 0 Å². The normalized spacial score (nSPS) is 12.2. The summed E-state index contributed by atoms with van der Waals surface area (Å²) in [6.45, 7) is 17.4. The molecule has 4 aromatic heterocycles. The van der Waals surface area contributed by atoms with Gasteiger partial charge >= 0.3 is 0 Å². The van der Waals surface area contributed by atoms with Crippen LogP contribution in [-0.4, -0.2) is 43.2 Å². The third-order valence-corrected chi connectivity index (χ3v) is 8.11. The molecule has 0 fully saturated rings. The minimum absolute atomic E-state index is 0.0683. The summed E-state index contributed by atoms with van der Waals surface area (Å²) in [6.07, 6.45) is 13.3. The van der Waals surface area contributed by atoms with Crippen molar-refractivity contribution in [2.24, 2.45) is 13.0 Å². The average Bonchev–Trinajstić information content (AvgIpc) is 3.76. The van der Waals surface area contributed by atoms with Crippen molar-refractivity contribution in [1.29, 1.82) is 0 Å². The molecule has 0 aliphatic carbocycles. The molecule has 0 bridgehead atoms. The Hall–Kier alpha value is -3.79. The van der Waals surface area contributed by atoms with E-state index in [1.165, 1.54) is 54.7 Å². The highest BCUT2D eigenvalue weighted by molar-refractivity contribution is 7.14. The summed E-state index contributed by atoms with van der Waals surface area (Å²) in [7, 11) is 2.00. The van der Waals surface area contributed by atoms with Crippen LogP contribution in [-0.2, 0) is 22.2 Å². The molecule has 4 aromatic rings. The number of aryl methyl sites for hydroxylation is 3. The van der Waals surface area contributed by atoms with Crippen LogP contribution in [0, 0.1) is 19.8 Å². The lowest BCUT2D eigenvalue weighted by atomic mass is 9.90. The quantitative estimate of drug-likeness (QED) is 0.154. The van der Waals surface area contributed by atoms with Gasteiger partial charge in [0.2, 0.25) is 12.3 Å². The number of carbonyl (C=O) groups is 2. The van der Waals surface area contributed by atoms with Crippen molar-refractivity contribution in [3.63, 3.8) is 0 Å². The Morgan fingerprint density at radius 3 is 2.31 bits per heavy atom. The van der Waals surface area contributed by atoms with Crippen LogP contribution < -0.4 is 10.6 Å². The van der Waals surface area contributed by atoms with Gasteiger partial charge in [0, 0.05) is 48.2 Å². The zero-order valence-electron chi connectivity index (χ0n) is 28.6. The van der Waals surface area contributed by atoms with Crippen molar-refractivity contribution in [1.82, 2.24) is 29.6 Å². The van der Waals surface area contributed by atoms with Crippen LogP contribution in [0.5, 0.6) is 0 Å². The molecule has 9 nitrogen and oxygen atoms in total. The number of rotatable bonds is 12. The first-order valence-corrected chi connectivity index (χ1v) is 16.7. The maximum absolute atomic E-state index is 11.4. The summed E-state index contributed by atoms with van der Waals surface area (Å²) in [5.41, 5.74) is 5.23. The average molecular weight is 636 g/mol. The molecule has 0 saturated carbocycles. The molecule has 4 rings (SSSR count). The van der Waals surface area contributed by atoms with Gasteiger partial charge < -0.3 is 15.2 Å². The Morgan fingerprint density at radius 2 is 1.78 bits per heavy atom. The minimum Gasteiger partial charge on any atom is -0.350 e. The van der Waals surface area contributed by atoms with Gasteiger partial charge in [-0.05, 0) is 83.2 Å². The number of anilines is 1. The molecule has 2 atom stereocenters. The van der Waals surface area contributed by atoms with Crippen LogP contribution in [0.15, 0.2) is 54.3 Å². The smallest absolute Gasteiger partial charge is 0.245 e. The summed E-state index contributed by atoms with van der Waals surface area (Å²) >= 11 is 1.31. The van der Waals surface area contributed by atoms with E-state index in [-0.39, 0.29) is 18.0 Å². The first-order valence-electron chi connectivity index (χ1n) is 15.9. The van der Waals surface area contributed by atoms with Crippen molar-refractivity contribution in [3.8, 4) is 11.4 Å². The maximum Gasteiger partial charge on any atom is 0.245 e. The molecule has 0 aliphatic rings. The fraction of sp³-hybridized carbons (Fsp3) is 0.514. The predicted octanol–water partition coefficient (Wildman–Crippen LogP) is 7.88. The van der Waals surface area contributed by atoms with Crippen LogP contribution in [0.2, 0.25) is 0 Å². The fourth-order valence-corrected chi connectivity index (χ4v) is 5.20. The van der Waals surface area contributed by atoms with Crippen molar-refractivity contribution >= 4 is 28.8 Å². The highest BCUT2D eigenvalue weighted by Crippen LogP contribution is 2.27. The molecule has 0 saturated heterocycles. The van der Waals surface area contributed by atoms with Gasteiger partial charge in [0.15, 0.2) is 5.13 Å². The molecule has 246 valence electrons. The van der Waals surface area contributed by atoms with Crippen LogP contribution >= 0.6 is 11.3 Å². The molecule has 0 radical (unpaired) electrons. The van der Waals surface area contributed by atoms with Crippen molar-refractivity contribution in [2.75, 3.05) is 11.9 Å². The number of carbonyl (C=O) groups excluding carboxylic acids is 2. The first-order chi connectivity index (χ1) is 21.4. The minimum atomic E-state index is -0.315. The SMILES string of the molecule is CCCC(CCC(C)CC)c1ccn(C)n1.Cc1cccc(-c2csc(NC(=O)CNC=O)n2)n1.Cc1ccn(C(C)(C)C)c1. The lowest BCUT2D eigenvalue weighted by molar-refractivity contribution is -0.118. The number of pyridine rings is 1.